The van der Waals surface area contributed by atoms with Gasteiger partial charge in [-0.25, -0.2) is 0 Å². The summed E-state index contributed by atoms with van der Waals surface area (Å²) in [6.45, 7) is 5.70. The fourth-order valence-corrected chi connectivity index (χ4v) is 4.72. The van der Waals surface area contributed by atoms with Crippen molar-refractivity contribution in [3.8, 4) is 0 Å². The number of nitrogens with one attached hydrogen (secondary N) is 2. The molecule has 1 amide bonds. The zero-order valence-corrected chi connectivity index (χ0v) is 16.7. The van der Waals surface area contributed by atoms with Crippen molar-refractivity contribution in [3.05, 3.63) is 29.8 Å². The first-order chi connectivity index (χ1) is 13.2. The fourth-order valence-electron chi connectivity index (χ4n) is 4.72. The van der Waals surface area contributed by atoms with Crippen molar-refractivity contribution in [2.45, 2.75) is 51.4 Å². The summed E-state index contributed by atoms with van der Waals surface area (Å²) in [6, 6.07) is 5.59. The first-order valence-corrected chi connectivity index (χ1v) is 10.1. The molecule has 0 aromatic heterocycles. The Kier molecular flexibility index (Phi) is 6.22. The van der Waals surface area contributed by atoms with Crippen LogP contribution in [0.5, 0.6) is 0 Å². The van der Waals surface area contributed by atoms with Crippen molar-refractivity contribution in [1.29, 1.82) is 0 Å². The van der Waals surface area contributed by atoms with Gasteiger partial charge in [0.05, 0.1) is 11.6 Å². The average molecular weight is 397 g/mol. The molecule has 1 saturated carbocycles. The Hall–Kier alpha value is -1.76. The maximum atomic E-state index is 13.0. The zero-order chi connectivity index (χ0) is 20.5. The van der Waals surface area contributed by atoms with Crippen molar-refractivity contribution in [3.63, 3.8) is 0 Å². The lowest BCUT2D eigenvalue weighted by Gasteiger charge is -2.28. The number of fused-ring (bicyclic) bond motifs is 1. The number of halogens is 3. The van der Waals surface area contributed by atoms with E-state index in [0.717, 1.165) is 38.4 Å². The first-order valence-electron chi connectivity index (χ1n) is 10.1. The lowest BCUT2D eigenvalue weighted by molar-refractivity contribution is -0.137. The topological polar surface area (TPSA) is 44.4 Å². The summed E-state index contributed by atoms with van der Waals surface area (Å²) in [4.78, 5) is 14.3. The molecule has 2 N–H and O–H groups in total. The number of amides is 1. The van der Waals surface area contributed by atoms with Gasteiger partial charge < -0.3 is 15.5 Å². The predicted molar refractivity (Wildman–Crippen MR) is 104 cm³/mol. The van der Waals surface area contributed by atoms with Gasteiger partial charge in [0.25, 0.3) is 0 Å². The Balaban J connectivity index is 1.69. The van der Waals surface area contributed by atoms with Gasteiger partial charge >= 0.3 is 6.18 Å². The van der Waals surface area contributed by atoms with Crippen molar-refractivity contribution in [1.82, 2.24) is 10.6 Å². The second kappa shape index (κ2) is 8.31. The number of likely N-dealkylation sites (N-methyl/N-ethyl adjacent to an activating group) is 1. The first kappa shape index (κ1) is 21.0. The van der Waals surface area contributed by atoms with Gasteiger partial charge in [0.2, 0.25) is 5.91 Å². The molecule has 1 aliphatic carbocycles. The van der Waals surface area contributed by atoms with Crippen LogP contribution in [0.2, 0.25) is 0 Å². The lowest BCUT2D eigenvalue weighted by Crippen LogP contribution is -2.50. The van der Waals surface area contributed by atoms with Gasteiger partial charge in [0.1, 0.15) is 0 Å². The van der Waals surface area contributed by atoms with E-state index in [2.05, 4.69) is 29.4 Å². The zero-order valence-electron chi connectivity index (χ0n) is 16.7. The van der Waals surface area contributed by atoms with Crippen LogP contribution in [0.4, 0.5) is 18.9 Å². The minimum atomic E-state index is -4.33. The third kappa shape index (κ3) is 4.62. The van der Waals surface area contributed by atoms with Crippen molar-refractivity contribution in [2.24, 2.45) is 17.8 Å². The molecule has 1 aromatic rings. The average Bonchev–Trinajstić information content (AvgIpc) is 3.21. The lowest BCUT2D eigenvalue weighted by atomic mass is 9.95. The molecule has 0 unspecified atom stereocenters. The number of benzene rings is 1. The maximum absolute atomic E-state index is 13.0. The molecular weight excluding hydrogens is 367 g/mol. The van der Waals surface area contributed by atoms with Gasteiger partial charge in [-0.3, -0.25) is 4.79 Å². The van der Waals surface area contributed by atoms with E-state index in [-0.39, 0.29) is 18.0 Å². The molecule has 0 spiro atoms. The Morgan fingerprint density at radius 1 is 1.25 bits per heavy atom. The number of alkyl halides is 3. The molecule has 7 heteroatoms. The molecule has 3 rings (SSSR count). The van der Waals surface area contributed by atoms with Gasteiger partial charge in [0, 0.05) is 31.9 Å². The maximum Gasteiger partial charge on any atom is 0.416 e. The van der Waals surface area contributed by atoms with Crippen LogP contribution >= 0.6 is 0 Å². The molecule has 2 fully saturated rings. The van der Waals surface area contributed by atoms with Crippen molar-refractivity contribution < 1.29 is 18.0 Å². The Bertz CT molecular complexity index is 692. The minimum Gasteiger partial charge on any atom is -0.371 e. The van der Waals surface area contributed by atoms with Gasteiger partial charge in [0.15, 0.2) is 0 Å². The second-order valence-electron chi connectivity index (χ2n) is 8.52. The number of carbonyl (C=O) groups excluding carboxylic acids is 1. The largest absolute Gasteiger partial charge is 0.416 e. The highest BCUT2D eigenvalue weighted by molar-refractivity contribution is 5.81. The van der Waals surface area contributed by atoms with Crippen LogP contribution in [0.3, 0.4) is 0 Å². The smallest absolute Gasteiger partial charge is 0.371 e. The van der Waals surface area contributed by atoms with E-state index in [1.807, 2.05) is 0 Å². The third-order valence-corrected chi connectivity index (χ3v) is 6.08. The van der Waals surface area contributed by atoms with E-state index in [9.17, 15) is 18.0 Å². The highest BCUT2D eigenvalue weighted by Gasteiger charge is 2.44. The molecule has 1 aromatic carbocycles. The SMILES string of the molecule is CNC(=O)[C@H](CC(C)C)N[C@H]1CC[C@@H]2CN(c3cccc(C(F)(F)F)c3)C[C@@H]21. The molecule has 156 valence electrons. The summed E-state index contributed by atoms with van der Waals surface area (Å²) < 4.78 is 39.1. The van der Waals surface area contributed by atoms with Crippen LogP contribution in [0.1, 0.15) is 38.7 Å². The number of anilines is 1. The fraction of sp³-hybridized carbons (Fsp3) is 0.667. The molecule has 0 bridgehead atoms. The van der Waals surface area contributed by atoms with E-state index >= 15 is 0 Å². The van der Waals surface area contributed by atoms with Gasteiger partial charge in [-0.05, 0) is 55.2 Å². The molecule has 4 atom stereocenters. The Morgan fingerprint density at radius 2 is 2.00 bits per heavy atom. The van der Waals surface area contributed by atoms with Crippen molar-refractivity contribution >= 4 is 11.6 Å². The van der Waals surface area contributed by atoms with Crippen LogP contribution in [-0.4, -0.2) is 38.1 Å². The van der Waals surface area contributed by atoms with E-state index in [1.165, 1.54) is 12.1 Å². The van der Waals surface area contributed by atoms with Crippen LogP contribution in [-0.2, 0) is 11.0 Å². The summed E-state index contributed by atoms with van der Waals surface area (Å²) in [5.74, 6) is 1.22. The van der Waals surface area contributed by atoms with E-state index < -0.39 is 11.7 Å². The van der Waals surface area contributed by atoms with Crippen LogP contribution in [0.25, 0.3) is 0 Å². The number of rotatable bonds is 6. The quantitative estimate of drug-likeness (QED) is 0.770. The van der Waals surface area contributed by atoms with Crippen molar-refractivity contribution in [2.75, 3.05) is 25.0 Å². The standard InChI is InChI=1S/C21H30F3N3O/c1-13(2)9-19(20(28)25-3)26-18-8-7-14-11-27(12-17(14)18)16-6-4-5-15(10-16)21(22,23)24/h4-6,10,13-14,17-19,26H,7-9,11-12H2,1-3H3,(H,25,28)/t14-,17+,18+,19+/m1/s1. The molecule has 0 radical (unpaired) electrons. The predicted octanol–water partition coefficient (Wildman–Crippen LogP) is 3.67. The summed E-state index contributed by atoms with van der Waals surface area (Å²) in [5, 5.41) is 6.30. The van der Waals surface area contributed by atoms with Gasteiger partial charge in [-0.1, -0.05) is 19.9 Å². The third-order valence-electron chi connectivity index (χ3n) is 6.08. The highest BCUT2D eigenvalue weighted by atomic mass is 19.4. The van der Waals surface area contributed by atoms with Gasteiger partial charge in [-0.2, -0.15) is 13.2 Å². The summed E-state index contributed by atoms with van der Waals surface area (Å²) in [6.07, 6.45) is -1.50. The summed E-state index contributed by atoms with van der Waals surface area (Å²) >= 11 is 0. The Labute approximate surface area is 164 Å². The molecule has 4 nitrogen and oxygen atoms in total. The van der Waals surface area contributed by atoms with Crippen LogP contribution in [0, 0.1) is 17.8 Å². The molecule has 1 heterocycles. The van der Waals surface area contributed by atoms with E-state index in [0.29, 0.717) is 23.4 Å². The molecule has 2 aliphatic rings. The summed E-state index contributed by atoms with van der Waals surface area (Å²) in [7, 11) is 1.65. The van der Waals surface area contributed by atoms with Crippen LogP contribution in [0.15, 0.2) is 24.3 Å². The Morgan fingerprint density at radius 3 is 2.64 bits per heavy atom. The van der Waals surface area contributed by atoms with Gasteiger partial charge in [-0.15, -0.1) is 0 Å². The van der Waals surface area contributed by atoms with E-state index in [4.69, 9.17) is 0 Å². The minimum absolute atomic E-state index is 0.00452. The molecule has 1 aliphatic heterocycles. The molecule has 28 heavy (non-hydrogen) atoms. The number of carbonyl (C=O) groups is 1. The number of nitrogens with zero attached hydrogens (tertiary/aromatic N) is 1. The second-order valence-corrected chi connectivity index (χ2v) is 8.52. The molecule has 1 saturated heterocycles. The molecular formula is C21H30F3N3O. The van der Waals surface area contributed by atoms with E-state index in [1.54, 1.807) is 13.1 Å². The summed E-state index contributed by atoms with van der Waals surface area (Å²) in [5.41, 5.74) is 0.0290. The normalized spacial score (nSPS) is 25.8. The van der Waals surface area contributed by atoms with Crippen LogP contribution < -0.4 is 15.5 Å². The highest BCUT2D eigenvalue weighted by Crippen LogP contribution is 2.41. The number of hydrogen-bond acceptors (Lipinski definition) is 3. The monoisotopic (exact) mass is 397 g/mol. The number of hydrogen-bond donors (Lipinski definition) is 2.